The van der Waals surface area contributed by atoms with Gasteiger partial charge >= 0.3 is 11.9 Å². The number of benzene rings is 1. The zero-order valence-corrected chi connectivity index (χ0v) is 18.9. The number of alkyl halides is 1. The lowest BCUT2D eigenvalue weighted by atomic mass is 9.93. The highest BCUT2D eigenvalue weighted by atomic mass is 35.5. The molecular formula is C21H18ClFN6O7. The van der Waals surface area contributed by atoms with E-state index in [9.17, 15) is 24.9 Å². The second kappa shape index (κ2) is 9.63. The van der Waals surface area contributed by atoms with E-state index in [2.05, 4.69) is 15.0 Å². The molecule has 0 radical (unpaired) electrons. The second-order valence-corrected chi connectivity index (χ2v) is 8.28. The van der Waals surface area contributed by atoms with Gasteiger partial charge in [-0.05, 0) is 29.3 Å². The average molecular weight is 521 g/mol. The zero-order chi connectivity index (χ0) is 26.2. The molecule has 1 aliphatic heterocycles. The highest BCUT2D eigenvalue weighted by Crippen LogP contribution is 2.35. The Balaban J connectivity index is 1.58. The van der Waals surface area contributed by atoms with Gasteiger partial charge in [-0.3, -0.25) is 4.57 Å². The number of hydrogen-bond acceptors (Lipinski definition) is 10. The summed E-state index contributed by atoms with van der Waals surface area (Å²) in [5.41, 5.74) is 3.46. The number of nitrogens with zero attached hydrogens (tertiary/aromatic N) is 5. The molecule has 1 unspecified atom stereocenters. The summed E-state index contributed by atoms with van der Waals surface area (Å²) in [6.45, 7) is -0.793. The Morgan fingerprint density at radius 1 is 1.33 bits per heavy atom. The zero-order valence-electron chi connectivity index (χ0n) is 18.2. The first-order chi connectivity index (χ1) is 17.1. The van der Waals surface area contributed by atoms with Crippen LogP contribution in [0.1, 0.15) is 17.4 Å². The average Bonchev–Trinajstić information content (AvgIpc) is 3.37. The Bertz CT molecular complexity index is 1360. The summed E-state index contributed by atoms with van der Waals surface area (Å²) in [5.74, 6) is -3.73. The van der Waals surface area contributed by atoms with Crippen LogP contribution in [0.4, 0.5) is 10.2 Å². The van der Waals surface area contributed by atoms with Gasteiger partial charge in [0.15, 0.2) is 23.9 Å². The van der Waals surface area contributed by atoms with E-state index >= 15 is 4.39 Å². The highest BCUT2D eigenvalue weighted by Gasteiger charge is 2.52. The smallest absolute Gasteiger partial charge is 0.348 e. The largest absolute Gasteiger partial charge is 0.479 e. The molecule has 0 bridgehead atoms. The normalized spacial score (nSPS) is 21.9. The molecule has 5 N–H and O–H groups in total. The lowest BCUT2D eigenvalue weighted by Crippen LogP contribution is -2.52. The summed E-state index contributed by atoms with van der Waals surface area (Å²) in [4.78, 5) is 35.8. The summed E-state index contributed by atoms with van der Waals surface area (Å²) in [7, 11) is 0. The standard InChI is InChI=1S/C21H18ClFN6O7/c22-20-27-15(25)13-16(28-20)29(8-26-13)17-12(23)14(30)11(36-17)7-35-21(18(31)32,19(33)34)5-9-2-1-3-10(4-9)6-24/h1-4,8,11-12,14,17,30H,5,7H2,(H,31,32)(H,33,34)(H2,25,27,28)/t11-,12+,14-,17?/m1/s1. The molecule has 3 aromatic rings. The molecule has 1 fully saturated rings. The number of nitrogens with two attached hydrogens (primary N) is 1. The number of carbonyl (C=O) groups is 2. The lowest BCUT2D eigenvalue weighted by molar-refractivity contribution is -0.190. The molecule has 2 aromatic heterocycles. The van der Waals surface area contributed by atoms with E-state index in [0.717, 1.165) is 10.9 Å². The van der Waals surface area contributed by atoms with Gasteiger partial charge in [0, 0.05) is 6.42 Å². The van der Waals surface area contributed by atoms with Crippen LogP contribution in [-0.2, 0) is 25.5 Å². The van der Waals surface area contributed by atoms with Gasteiger partial charge in [-0.25, -0.2) is 19.0 Å². The fraction of sp³-hybridized carbons (Fsp3) is 0.333. The number of aliphatic carboxylic acids is 2. The summed E-state index contributed by atoms with van der Waals surface area (Å²) >= 11 is 5.82. The molecule has 4 rings (SSSR count). The summed E-state index contributed by atoms with van der Waals surface area (Å²) in [6.07, 6.45) is -6.31. The highest BCUT2D eigenvalue weighted by molar-refractivity contribution is 6.28. The van der Waals surface area contributed by atoms with E-state index in [0.29, 0.717) is 0 Å². The van der Waals surface area contributed by atoms with Crippen LogP contribution >= 0.6 is 11.6 Å². The van der Waals surface area contributed by atoms with Crippen LogP contribution in [0, 0.1) is 11.3 Å². The minimum Gasteiger partial charge on any atom is -0.479 e. The lowest BCUT2D eigenvalue weighted by Gasteiger charge is -2.27. The van der Waals surface area contributed by atoms with Crippen LogP contribution in [0.25, 0.3) is 11.2 Å². The molecule has 3 heterocycles. The topological polar surface area (TPSA) is 207 Å². The van der Waals surface area contributed by atoms with E-state index in [1.807, 2.05) is 6.07 Å². The quantitative estimate of drug-likeness (QED) is 0.239. The maximum atomic E-state index is 15.0. The van der Waals surface area contributed by atoms with Gasteiger partial charge in [-0.2, -0.15) is 15.2 Å². The number of aliphatic hydroxyl groups is 1. The Morgan fingerprint density at radius 2 is 2.06 bits per heavy atom. The van der Waals surface area contributed by atoms with Crippen molar-refractivity contribution in [2.24, 2.45) is 0 Å². The third-order valence-electron chi connectivity index (χ3n) is 5.68. The van der Waals surface area contributed by atoms with E-state index in [4.69, 9.17) is 32.1 Å². The Labute approximate surface area is 206 Å². The maximum Gasteiger partial charge on any atom is 0.348 e. The monoisotopic (exact) mass is 520 g/mol. The predicted molar refractivity (Wildman–Crippen MR) is 118 cm³/mol. The van der Waals surface area contributed by atoms with Crippen LogP contribution in [0.3, 0.4) is 0 Å². The number of nitrogen functional groups attached to an aromatic ring is 1. The Kier molecular flexibility index (Phi) is 6.74. The van der Waals surface area contributed by atoms with Gasteiger partial charge in [0.05, 0.1) is 24.6 Å². The van der Waals surface area contributed by atoms with Crippen molar-refractivity contribution in [3.63, 3.8) is 0 Å². The van der Waals surface area contributed by atoms with Crippen LogP contribution in [0.5, 0.6) is 0 Å². The first-order valence-electron chi connectivity index (χ1n) is 10.3. The van der Waals surface area contributed by atoms with Crippen LogP contribution < -0.4 is 5.73 Å². The van der Waals surface area contributed by atoms with Gasteiger partial charge in [-0.15, -0.1) is 0 Å². The number of aromatic nitrogens is 4. The van der Waals surface area contributed by atoms with Crippen LogP contribution in [0.2, 0.25) is 5.28 Å². The van der Waals surface area contributed by atoms with Crippen molar-refractivity contribution in [2.75, 3.05) is 12.3 Å². The van der Waals surface area contributed by atoms with Gasteiger partial charge in [0.2, 0.25) is 5.28 Å². The van der Waals surface area contributed by atoms with E-state index < -0.39 is 55.2 Å². The number of fused-ring (bicyclic) bond motifs is 1. The molecule has 0 spiro atoms. The first kappa shape index (κ1) is 25.2. The maximum absolute atomic E-state index is 15.0. The number of aliphatic hydroxyl groups excluding tert-OH is 1. The fourth-order valence-corrected chi connectivity index (χ4v) is 4.01. The van der Waals surface area contributed by atoms with E-state index in [1.165, 1.54) is 24.3 Å². The number of ether oxygens (including phenoxy) is 2. The Hall–Kier alpha value is -3.90. The minimum atomic E-state index is -2.81. The molecular weight excluding hydrogens is 503 g/mol. The molecule has 0 amide bonds. The molecule has 188 valence electrons. The third kappa shape index (κ3) is 4.40. The van der Waals surface area contributed by atoms with E-state index in [1.54, 1.807) is 0 Å². The van der Waals surface area contributed by atoms with Crippen LogP contribution in [-0.4, -0.2) is 77.4 Å². The van der Waals surface area contributed by atoms with Crippen molar-refractivity contribution in [1.82, 2.24) is 19.5 Å². The molecule has 15 heteroatoms. The number of rotatable bonds is 8. The second-order valence-electron chi connectivity index (χ2n) is 7.94. The van der Waals surface area contributed by atoms with Crippen molar-refractivity contribution in [3.8, 4) is 6.07 Å². The number of carboxylic acid groups (broad SMARTS) is 2. The number of halogens is 2. The Morgan fingerprint density at radius 3 is 2.72 bits per heavy atom. The van der Waals surface area contributed by atoms with Crippen molar-refractivity contribution in [1.29, 1.82) is 5.26 Å². The van der Waals surface area contributed by atoms with Gasteiger partial charge < -0.3 is 30.5 Å². The van der Waals surface area contributed by atoms with Crippen LogP contribution in [0.15, 0.2) is 30.6 Å². The number of anilines is 1. The summed E-state index contributed by atoms with van der Waals surface area (Å²) in [5, 5.41) is 38.7. The first-order valence-corrected chi connectivity index (χ1v) is 10.7. The number of imidazole rings is 1. The number of hydrogen-bond donors (Lipinski definition) is 4. The number of nitriles is 1. The van der Waals surface area contributed by atoms with Crippen molar-refractivity contribution < 1.29 is 38.8 Å². The number of carboxylic acids is 2. The van der Waals surface area contributed by atoms with Gasteiger partial charge in [-0.1, -0.05) is 12.1 Å². The predicted octanol–water partition coefficient (Wildman–Crippen LogP) is 0.697. The summed E-state index contributed by atoms with van der Waals surface area (Å²) < 4.78 is 27.0. The molecule has 36 heavy (non-hydrogen) atoms. The van der Waals surface area contributed by atoms with Crippen molar-refractivity contribution >= 4 is 40.5 Å². The summed E-state index contributed by atoms with van der Waals surface area (Å²) in [6, 6.07) is 7.55. The molecule has 13 nitrogen and oxygen atoms in total. The third-order valence-corrected chi connectivity index (χ3v) is 5.85. The van der Waals surface area contributed by atoms with Crippen molar-refractivity contribution in [2.45, 2.75) is 36.6 Å². The minimum absolute atomic E-state index is 0.0247. The van der Waals surface area contributed by atoms with Gasteiger partial charge in [0.1, 0.15) is 17.7 Å². The molecule has 1 aromatic carbocycles. The SMILES string of the molecule is N#Cc1cccc(CC(OC[C@H]2OC(n3cnc4c(N)nc(Cl)nc43)[C@@H](F)[C@@H]2O)(C(=O)O)C(=O)O)c1. The van der Waals surface area contributed by atoms with Crippen molar-refractivity contribution in [3.05, 3.63) is 47.0 Å². The van der Waals surface area contributed by atoms with Gasteiger partial charge in [0.25, 0.3) is 5.60 Å². The van der Waals surface area contributed by atoms with E-state index in [-0.39, 0.29) is 33.4 Å². The molecule has 1 saturated heterocycles. The molecule has 1 aliphatic rings. The molecule has 0 saturated carbocycles. The molecule has 0 aliphatic carbocycles. The fourth-order valence-electron chi connectivity index (χ4n) is 3.84. The molecule has 4 atom stereocenters.